The van der Waals surface area contributed by atoms with E-state index in [4.69, 9.17) is 9.94 Å². The Labute approximate surface area is 192 Å². The molecular weight excluding hydrogens is 451 g/mol. The predicted molar refractivity (Wildman–Crippen MR) is 116 cm³/mol. The van der Waals surface area contributed by atoms with Crippen LogP contribution in [0.2, 0.25) is 0 Å². The second-order valence-electron chi connectivity index (χ2n) is 8.08. The minimum absolute atomic E-state index is 0.0794. The van der Waals surface area contributed by atoms with Gasteiger partial charge in [-0.1, -0.05) is 30.3 Å². The van der Waals surface area contributed by atoms with Gasteiger partial charge in [-0.25, -0.2) is 10.5 Å². The number of hydroxylamine groups is 1. The molecule has 0 saturated carbocycles. The first kappa shape index (κ1) is 23.7. The lowest BCUT2D eigenvalue weighted by Crippen LogP contribution is -2.51. The molecule has 3 aromatic rings. The average molecular weight is 473 g/mol. The largest absolute Gasteiger partial charge is 0.433 e. The topological polar surface area (TPSA) is 101 Å². The minimum atomic E-state index is -4.56. The van der Waals surface area contributed by atoms with E-state index in [1.54, 1.807) is 54.0 Å². The summed E-state index contributed by atoms with van der Waals surface area (Å²) in [6.07, 6.45) is -3.92. The molecule has 0 bridgehead atoms. The molecular formula is C24H22F3N3O4. The summed E-state index contributed by atoms with van der Waals surface area (Å²) in [6.45, 7) is 0.453. The van der Waals surface area contributed by atoms with Crippen LogP contribution >= 0.6 is 0 Å². The van der Waals surface area contributed by atoms with Crippen LogP contribution in [0.5, 0.6) is 0 Å². The maximum Gasteiger partial charge on any atom is 0.433 e. The van der Waals surface area contributed by atoms with Gasteiger partial charge in [0, 0.05) is 23.6 Å². The summed E-state index contributed by atoms with van der Waals surface area (Å²) in [5.74, 6) is -1.75. The van der Waals surface area contributed by atoms with Crippen LogP contribution in [0, 0.1) is 5.92 Å². The van der Waals surface area contributed by atoms with Gasteiger partial charge >= 0.3 is 6.18 Å². The first-order chi connectivity index (χ1) is 16.3. The molecule has 0 spiro atoms. The number of nitrogens with zero attached hydrogens (tertiary/aromatic N) is 1. The molecule has 1 fully saturated rings. The molecule has 1 aromatic heterocycles. The number of nitrogens with one attached hydrogen (secondary N) is 2. The van der Waals surface area contributed by atoms with Gasteiger partial charge in [0.15, 0.2) is 0 Å². The van der Waals surface area contributed by atoms with E-state index in [2.05, 4.69) is 10.3 Å². The third-order valence-corrected chi connectivity index (χ3v) is 5.82. The van der Waals surface area contributed by atoms with E-state index >= 15 is 0 Å². The number of pyridine rings is 1. The van der Waals surface area contributed by atoms with Crippen molar-refractivity contribution in [3.8, 4) is 0 Å². The molecule has 3 N–H and O–H groups in total. The van der Waals surface area contributed by atoms with Gasteiger partial charge in [0.25, 0.3) is 11.8 Å². The number of carbonyl (C=O) groups is 2. The molecule has 1 aliphatic rings. The quantitative estimate of drug-likeness (QED) is 0.389. The van der Waals surface area contributed by atoms with E-state index in [1.807, 2.05) is 0 Å². The van der Waals surface area contributed by atoms with Gasteiger partial charge < -0.3 is 10.1 Å². The Bertz CT molecular complexity index is 1200. The Morgan fingerprint density at radius 1 is 1.12 bits per heavy atom. The van der Waals surface area contributed by atoms with Crippen molar-refractivity contribution in [3.63, 3.8) is 0 Å². The fraction of sp³-hybridized carbons (Fsp3) is 0.292. The number of amides is 2. The molecule has 4 rings (SSSR count). The van der Waals surface area contributed by atoms with Crippen molar-refractivity contribution < 1.29 is 32.7 Å². The third kappa shape index (κ3) is 5.18. The van der Waals surface area contributed by atoms with Crippen LogP contribution in [-0.4, -0.2) is 41.3 Å². The number of carbonyl (C=O) groups excluding carboxylic acids is 2. The van der Waals surface area contributed by atoms with Gasteiger partial charge in [-0.05, 0) is 48.2 Å². The Morgan fingerprint density at radius 3 is 2.56 bits per heavy atom. The van der Waals surface area contributed by atoms with Gasteiger partial charge in [-0.2, -0.15) is 13.2 Å². The van der Waals surface area contributed by atoms with Crippen LogP contribution in [0.1, 0.15) is 33.6 Å². The van der Waals surface area contributed by atoms with E-state index < -0.39 is 35.6 Å². The van der Waals surface area contributed by atoms with Crippen LogP contribution in [-0.2, 0) is 22.1 Å². The summed E-state index contributed by atoms with van der Waals surface area (Å²) in [7, 11) is 0. The number of fused-ring (bicyclic) bond motifs is 1. The fourth-order valence-electron chi connectivity index (χ4n) is 4.04. The van der Waals surface area contributed by atoms with E-state index in [9.17, 15) is 22.8 Å². The molecule has 7 nitrogen and oxygen atoms in total. The predicted octanol–water partition coefficient (Wildman–Crippen LogP) is 3.48. The zero-order chi connectivity index (χ0) is 24.3. The highest BCUT2D eigenvalue weighted by Gasteiger charge is 2.34. The average Bonchev–Trinajstić information content (AvgIpc) is 2.83. The maximum absolute atomic E-state index is 13.3. The van der Waals surface area contributed by atoms with Crippen molar-refractivity contribution in [1.29, 1.82) is 0 Å². The van der Waals surface area contributed by atoms with E-state index in [0.717, 1.165) is 11.6 Å². The number of ether oxygens (including phenoxy) is 1. The Hall–Kier alpha value is -3.50. The lowest BCUT2D eigenvalue weighted by Gasteiger charge is -2.30. The van der Waals surface area contributed by atoms with Crippen molar-refractivity contribution in [3.05, 3.63) is 77.0 Å². The number of halogens is 3. The number of alkyl halides is 3. The van der Waals surface area contributed by atoms with E-state index in [0.29, 0.717) is 29.5 Å². The summed E-state index contributed by atoms with van der Waals surface area (Å²) in [6, 6.07) is 13.7. The SMILES string of the molecule is O=C(N[C@@H]1CCOC[C@@H]1C(=O)NO)c1ccc(Cc2cc(C(F)(F)F)nc3ccccc23)cc1. The summed E-state index contributed by atoms with van der Waals surface area (Å²) < 4.78 is 45.2. The Kier molecular flexibility index (Phi) is 6.80. The third-order valence-electron chi connectivity index (χ3n) is 5.82. The molecule has 0 radical (unpaired) electrons. The molecule has 0 aliphatic carbocycles. The molecule has 2 amide bonds. The van der Waals surface area contributed by atoms with Gasteiger partial charge in [0.1, 0.15) is 5.69 Å². The summed E-state index contributed by atoms with van der Waals surface area (Å²) in [5, 5.41) is 12.3. The zero-order valence-electron chi connectivity index (χ0n) is 17.9. The summed E-state index contributed by atoms with van der Waals surface area (Å²) >= 11 is 0. The van der Waals surface area contributed by atoms with Crippen molar-refractivity contribution >= 4 is 22.7 Å². The van der Waals surface area contributed by atoms with Crippen LogP contribution < -0.4 is 10.8 Å². The van der Waals surface area contributed by atoms with Crippen LogP contribution in [0.25, 0.3) is 10.9 Å². The lowest BCUT2D eigenvalue weighted by atomic mass is 9.94. The zero-order valence-corrected chi connectivity index (χ0v) is 17.9. The maximum atomic E-state index is 13.3. The van der Waals surface area contributed by atoms with Crippen molar-refractivity contribution in [2.45, 2.75) is 25.1 Å². The van der Waals surface area contributed by atoms with Crippen LogP contribution in [0.3, 0.4) is 0 Å². The molecule has 2 aromatic carbocycles. The number of rotatable bonds is 5. The molecule has 178 valence electrons. The molecule has 0 unspecified atom stereocenters. The monoisotopic (exact) mass is 473 g/mol. The minimum Gasteiger partial charge on any atom is -0.380 e. The molecule has 2 heterocycles. The normalized spacial score (nSPS) is 18.5. The summed E-state index contributed by atoms with van der Waals surface area (Å²) in [4.78, 5) is 28.2. The van der Waals surface area contributed by atoms with Gasteiger partial charge in [0.05, 0.1) is 18.0 Å². The second-order valence-corrected chi connectivity index (χ2v) is 8.08. The van der Waals surface area contributed by atoms with E-state index in [-0.39, 0.29) is 18.5 Å². The van der Waals surface area contributed by atoms with Crippen molar-refractivity contribution in [2.75, 3.05) is 13.2 Å². The van der Waals surface area contributed by atoms with E-state index in [1.165, 1.54) is 0 Å². The van der Waals surface area contributed by atoms with Crippen LogP contribution in [0.4, 0.5) is 13.2 Å². The number of hydrogen-bond donors (Lipinski definition) is 3. The number of para-hydroxylation sites is 1. The smallest absolute Gasteiger partial charge is 0.380 e. The van der Waals surface area contributed by atoms with Gasteiger partial charge in [0.2, 0.25) is 0 Å². The molecule has 10 heteroatoms. The number of hydrogen-bond acceptors (Lipinski definition) is 5. The first-order valence-electron chi connectivity index (χ1n) is 10.6. The van der Waals surface area contributed by atoms with Crippen molar-refractivity contribution in [1.82, 2.24) is 15.8 Å². The Balaban J connectivity index is 1.52. The van der Waals surface area contributed by atoms with Gasteiger partial charge in [-0.3, -0.25) is 14.8 Å². The first-order valence-corrected chi connectivity index (χ1v) is 10.6. The lowest BCUT2D eigenvalue weighted by molar-refractivity contribution is -0.141. The highest BCUT2D eigenvalue weighted by atomic mass is 19.4. The van der Waals surface area contributed by atoms with Crippen LogP contribution in [0.15, 0.2) is 54.6 Å². The Morgan fingerprint density at radius 2 is 1.85 bits per heavy atom. The number of benzene rings is 2. The van der Waals surface area contributed by atoms with Crippen molar-refractivity contribution in [2.24, 2.45) is 5.92 Å². The van der Waals surface area contributed by atoms with Gasteiger partial charge in [-0.15, -0.1) is 0 Å². The fourth-order valence-corrected chi connectivity index (χ4v) is 4.04. The molecule has 1 aliphatic heterocycles. The standard InChI is InChI=1S/C24H22F3N3O4/c25-24(26,27)21-12-16(17-3-1-2-4-19(17)28-21)11-14-5-7-15(8-6-14)22(31)29-20-9-10-34-13-18(20)23(32)30-33/h1-8,12,18,20,33H,9-11,13H2,(H,29,31)(H,30,32)/t18-,20+/m0/s1. The molecule has 1 saturated heterocycles. The second kappa shape index (κ2) is 9.78. The molecule has 2 atom stereocenters. The molecule has 34 heavy (non-hydrogen) atoms. The highest BCUT2D eigenvalue weighted by Crippen LogP contribution is 2.31. The summed E-state index contributed by atoms with van der Waals surface area (Å²) in [5.41, 5.74) is 2.45. The number of aromatic nitrogens is 1. The highest BCUT2D eigenvalue weighted by molar-refractivity contribution is 5.95.